The minimum Gasteiger partial charge on any atom is -0.316 e. The average molecular weight is 225 g/mol. The van der Waals surface area contributed by atoms with Crippen molar-refractivity contribution < 1.29 is 0 Å². The Morgan fingerprint density at radius 2 is 2.12 bits per heavy atom. The average Bonchev–Trinajstić information content (AvgIpc) is 2.79. The molecule has 0 aromatic rings. The van der Waals surface area contributed by atoms with Crippen molar-refractivity contribution in [2.75, 3.05) is 39.8 Å². The molecule has 1 heterocycles. The van der Waals surface area contributed by atoms with Gasteiger partial charge in [0.05, 0.1) is 0 Å². The van der Waals surface area contributed by atoms with E-state index in [1.54, 1.807) is 0 Å². The van der Waals surface area contributed by atoms with Crippen molar-refractivity contribution in [1.82, 2.24) is 15.5 Å². The minimum absolute atomic E-state index is 0.741. The minimum atomic E-state index is 0.741. The molecule has 0 amide bonds. The van der Waals surface area contributed by atoms with Crippen molar-refractivity contribution in [1.29, 1.82) is 0 Å². The molecular weight excluding hydrogens is 198 g/mol. The predicted molar refractivity (Wildman–Crippen MR) is 68.7 cm³/mol. The van der Waals surface area contributed by atoms with Gasteiger partial charge in [0.15, 0.2) is 0 Å². The van der Waals surface area contributed by atoms with Crippen LogP contribution in [0.15, 0.2) is 0 Å². The summed E-state index contributed by atoms with van der Waals surface area (Å²) in [7, 11) is 2.25. The zero-order valence-electron chi connectivity index (χ0n) is 10.7. The number of piperazine rings is 1. The molecule has 94 valence electrons. The second-order valence-electron chi connectivity index (χ2n) is 5.48. The zero-order valence-corrected chi connectivity index (χ0v) is 10.7. The molecule has 2 N–H and O–H groups in total. The molecule has 3 heteroatoms. The molecule has 1 aliphatic carbocycles. The highest BCUT2D eigenvalue weighted by Crippen LogP contribution is 2.23. The van der Waals surface area contributed by atoms with Crippen LogP contribution in [-0.2, 0) is 0 Å². The lowest BCUT2D eigenvalue weighted by atomic mass is 10.1. The van der Waals surface area contributed by atoms with Crippen LogP contribution in [0.25, 0.3) is 0 Å². The Morgan fingerprint density at radius 3 is 2.88 bits per heavy atom. The SMILES string of the molecule is CN1CCNCC1CCNCC1CCCC1. The van der Waals surface area contributed by atoms with Crippen LogP contribution in [0.4, 0.5) is 0 Å². The van der Waals surface area contributed by atoms with E-state index < -0.39 is 0 Å². The summed E-state index contributed by atoms with van der Waals surface area (Å²) < 4.78 is 0. The van der Waals surface area contributed by atoms with E-state index >= 15 is 0 Å². The van der Waals surface area contributed by atoms with Gasteiger partial charge in [0.1, 0.15) is 0 Å². The van der Waals surface area contributed by atoms with Gasteiger partial charge in [-0.25, -0.2) is 0 Å². The Hall–Kier alpha value is -0.120. The van der Waals surface area contributed by atoms with Crippen molar-refractivity contribution in [2.45, 2.75) is 38.1 Å². The molecule has 0 aromatic carbocycles. The van der Waals surface area contributed by atoms with Crippen molar-refractivity contribution in [3.63, 3.8) is 0 Å². The van der Waals surface area contributed by atoms with Gasteiger partial charge in [-0.3, -0.25) is 0 Å². The molecule has 2 rings (SSSR count). The summed E-state index contributed by atoms with van der Waals surface area (Å²) in [5.74, 6) is 0.974. The van der Waals surface area contributed by atoms with E-state index in [4.69, 9.17) is 0 Å². The molecule has 0 aromatic heterocycles. The smallest absolute Gasteiger partial charge is 0.0230 e. The topological polar surface area (TPSA) is 27.3 Å². The fraction of sp³-hybridized carbons (Fsp3) is 1.00. The first-order valence-electron chi connectivity index (χ1n) is 6.98. The van der Waals surface area contributed by atoms with Crippen LogP contribution in [0.3, 0.4) is 0 Å². The number of rotatable bonds is 5. The van der Waals surface area contributed by atoms with E-state index in [9.17, 15) is 0 Å². The van der Waals surface area contributed by atoms with E-state index in [0.717, 1.165) is 18.5 Å². The third-order valence-electron chi connectivity index (χ3n) is 4.21. The van der Waals surface area contributed by atoms with E-state index in [0.29, 0.717) is 0 Å². The molecule has 0 bridgehead atoms. The van der Waals surface area contributed by atoms with Crippen LogP contribution in [0, 0.1) is 5.92 Å². The summed E-state index contributed by atoms with van der Waals surface area (Å²) in [6.07, 6.45) is 7.12. The first-order chi connectivity index (χ1) is 7.86. The molecule has 1 unspecified atom stereocenters. The lowest BCUT2D eigenvalue weighted by Gasteiger charge is -2.33. The Balaban J connectivity index is 1.53. The quantitative estimate of drug-likeness (QED) is 0.685. The maximum atomic E-state index is 3.64. The Kier molecular flexibility index (Phi) is 5.07. The fourth-order valence-corrected chi connectivity index (χ4v) is 2.97. The van der Waals surface area contributed by atoms with Crippen LogP contribution >= 0.6 is 0 Å². The summed E-state index contributed by atoms with van der Waals surface area (Å²) in [6.45, 7) is 5.97. The summed E-state index contributed by atoms with van der Waals surface area (Å²) in [5, 5.41) is 7.12. The Labute approximate surface area is 100.0 Å². The molecule has 1 saturated heterocycles. The van der Waals surface area contributed by atoms with Crippen LogP contribution in [0.5, 0.6) is 0 Å². The number of hydrogen-bond acceptors (Lipinski definition) is 3. The summed E-state index contributed by atoms with van der Waals surface area (Å²) in [5.41, 5.74) is 0. The summed E-state index contributed by atoms with van der Waals surface area (Å²) in [4.78, 5) is 2.49. The molecule has 0 radical (unpaired) electrons. The van der Waals surface area contributed by atoms with Gasteiger partial charge in [-0.1, -0.05) is 12.8 Å². The molecule has 2 fully saturated rings. The van der Waals surface area contributed by atoms with E-state index in [1.165, 1.54) is 58.3 Å². The number of nitrogens with one attached hydrogen (secondary N) is 2. The highest BCUT2D eigenvalue weighted by molar-refractivity contribution is 4.78. The van der Waals surface area contributed by atoms with Crippen LogP contribution < -0.4 is 10.6 Å². The third-order valence-corrected chi connectivity index (χ3v) is 4.21. The first-order valence-corrected chi connectivity index (χ1v) is 6.98. The molecule has 1 saturated carbocycles. The van der Waals surface area contributed by atoms with Gasteiger partial charge in [-0.2, -0.15) is 0 Å². The molecule has 3 nitrogen and oxygen atoms in total. The monoisotopic (exact) mass is 225 g/mol. The van der Waals surface area contributed by atoms with Crippen molar-refractivity contribution >= 4 is 0 Å². The molecule has 0 spiro atoms. The van der Waals surface area contributed by atoms with Gasteiger partial charge in [0.25, 0.3) is 0 Å². The first kappa shape index (κ1) is 12.3. The highest BCUT2D eigenvalue weighted by atomic mass is 15.2. The van der Waals surface area contributed by atoms with Gasteiger partial charge < -0.3 is 15.5 Å². The van der Waals surface area contributed by atoms with Crippen molar-refractivity contribution in [3.8, 4) is 0 Å². The van der Waals surface area contributed by atoms with E-state index in [-0.39, 0.29) is 0 Å². The van der Waals surface area contributed by atoms with E-state index in [2.05, 4.69) is 22.6 Å². The Bertz CT molecular complexity index is 190. The highest BCUT2D eigenvalue weighted by Gasteiger charge is 2.18. The summed E-state index contributed by atoms with van der Waals surface area (Å²) in [6, 6.07) is 0.741. The number of likely N-dealkylation sites (N-methyl/N-ethyl adjacent to an activating group) is 1. The number of hydrogen-bond donors (Lipinski definition) is 2. The largest absolute Gasteiger partial charge is 0.316 e. The molecule has 1 aliphatic heterocycles. The van der Waals surface area contributed by atoms with Crippen LogP contribution in [0.2, 0.25) is 0 Å². The predicted octanol–water partition coefficient (Wildman–Crippen LogP) is 1.06. The lowest BCUT2D eigenvalue weighted by molar-refractivity contribution is 0.189. The molecule has 1 atom stereocenters. The fourth-order valence-electron chi connectivity index (χ4n) is 2.97. The van der Waals surface area contributed by atoms with Gasteiger partial charge in [-0.15, -0.1) is 0 Å². The molecule has 16 heavy (non-hydrogen) atoms. The van der Waals surface area contributed by atoms with E-state index in [1.807, 2.05) is 0 Å². The maximum Gasteiger partial charge on any atom is 0.0230 e. The van der Waals surface area contributed by atoms with Gasteiger partial charge in [-0.05, 0) is 45.3 Å². The van der Waals surface area contributed by atoms with Crippen LogP contribution in [0.1, 0.15) is 32.1 Å². The zero-order chi connectivity index (χ0) is 11.2. The van der Waals surface area contributed by atoms with Crippen LogP contribution in [-0.4, -0.2) is 50.7 Å². The maximum absolute atomic E-state index is 3.64. The van der Waals surface area contributed by atoms with Gasteiger partial charge in [0, 0.05) is 25.7 Å². The second kappa shape index (κ2) is 6.58. The Morgan fingerprint density at radius 1 is 1.31 bits per heavy atom. The standard InChI is InChI=1S/C13H27N3/c1-16-9-8-15-11-13(16)6-7-14-10-12-4-2-3-5-12/h12-15H,2-11H2,1H3. The van der Waals surface area contributed by atoms with Crippen molar-refractivity contribution in [2.24, 2.45) is 5.92 Å². The van der Waals surface area contributed by atoms with Gasteiger partial charge >= 0.3 is 0 Å². The summed E-state index contributed by atoms with van der Waals surface area (Å²) >= 11 is 0. The number of nitrogens with zero attached hydrogens (tertiary/aromatic N) is 1. The normalized spacial score (nSPS) is 28.7. The second-order valence-corrected chi connectivity index (χ2v) is 5.48. The molecular formula is C13H27N3. The van der Waals surface area contributed by atoms with Gasteiger partial charge in [0.2, 0.25) is 0 Å². The molecule has 2 aliphatic rings. The lowest BCUT2D eigenvalue weighted by Crippen LogP contribution is -2.50. The van der Waals surface area contributed by atoms with Crippen molar-refractivity contribution in [3.05, 3.63) is 0 Å². The third kappa shape index (κ3) is 3.72.